The molecular weight excluding hydrogens is 226 g/mol. The second kappa shape index (κ2) is 5.12. The molecule has 4 nitrogen and oxygen atoms in total. The van der Waals surface area contributed by atoms with Crippen LogP contribution in [0, 0.1) is 0 Å². The first kappa shape index (κ1) is 12.5. The second-order valence-corrected chi connectivity index (χ2v) is 4.31. The first-order chi connectivity index (χ1) is 8.67. The molecule has 0 saturated heterocycles. The Labute approximate surface area is 107 Å². The Morgan fingerprint density at radius 1 is 1.28 bits per heavy atom. The Balaban J connectivity index is 2.45. The summed E-state index contributed by atoms with van der Waals surface area (Å²) >= 11 is 0. The molecule has 1 aromatic heterocycles. The summed E-state index contributed by atoms with van der Waals surface area (Å²) in [5, 5.41) is 4.51. The summed E-state index contributed by atoms with van der Waals surface area (Å²) in [6, 6.07) is 7.91. The summed E-state index contributed by atoms with van der Waals surface area (Å²) in [4.78, 5) is 0. The van der Waals surface area contributed by atoms with Crippen LogP contribution < -0.4 is 10.5 Å². The Kier molecular flexibility index (Phi) is 3.55. The number of aryl methyl sites for hydroxylation is 1. The van der Waals surface area contributed by atoms with E-state index in [1.165, 1.54) is 0 Å². The van der Waals surface area contributed by atoms with E-state index in [1.54, 1.807) is 11.8 Å². The summed E-state index contributed by atoms with van der Waals surface area (Å²) in [5.74, 6) is 1.60. The number of hydrogen-bond acceptors (Lipinski definition) is 3. The van der Waals surface area contributed by atoms with Crippen molar-refractivity contribution in [2.24, 2.45) is 7.05 Å². The van der Waals surface area contributed by atoms with Gasteiger partial charge in [-0.1, -0.05) is 13.3 Å². The third-order valence-electron chi connectivity index (χ3n) is 3.06. The molecule has 0 amide bonds. The van der Waals surface area contributed by atoms with Crippen molar-refractivity contribution in [2.45, 2.75) is 19.8 Å². The number of nitrogens with two attached hydrogens (primary N) is 1. The highest BCUT2D eigenvalue weighted by molar-refractivity contribution is 5.68. The fourth-order valence-corrected chi connectivity index (χ4v) is 2.06. The average Bonchev–Trinajstić information content (AvgIpc) is 2.68. The molecule has 0 unspecified atom stereocenters. The molecule has 0 aliphatic rings. The molecule has 1 heterocycles. The third-order valence-corrected chi connectivity index (χ3v) is 3.06. The lowest BCUT2D eigenvalue weighted by Crippen LogP contribution is -1.99. The topological polar surface area (TPSA) is 53.1 Å². The lowest BCUT2D eigenvalue weighted by atomic mass is 10.0. The largest absolute Gasteiger partial charge is 0.497 e. The van der Waals surface area contributed by atoms with E-state index in [-0.39, 0.29) is 0 Å². The average molecular weight is 245 g/mol. The summed E-state index contributed by atoms with van der Waals surface area (Å²) in [6.45, 7) is 2.14. The summed E-state index contributed by atoms with van der Waals surface area (Å²) in [5.41, 5.74) is 9.24. The van der Waals surface area contributed by atoms with Crippen LogP contribution in [-0.4, -0.2) is 16.9 Å². The van der Waals surface area contributed by atoms with Gasteiger partial charge in [0.15, 0.2) is 0 Å². The molecule has 4 heteroatoms. The first-order valence-corrected chi connectivity index (χ1v) is 6.13. The zero-order valence-electron chi connectivity index (χ0n) is 11.1. The van der Waals surface area contributed by atoms with E-state index in [9.17, 15) is 0 Å². The number of ether oxygens (including phenoxy) is 1. The Hall–Kier alpha value is -1.97. The summed E-state index contributed by atoms with van der Waals surface area (Å²) < 4.78 is 6.90. The van der Waals surface area contributed by atoms with Gasteiger partial charge in [-0.25, -0.2) is 0 Å². The van der Waals surface area contributed by atoms with Crippen molar-refractivity contribution in [2.75, 3.05) is 12.8 Å². The maximum Gasteiger partial charge on any atom is 0.125 e. The number of anilines is 1. The molecule has 0 spiro atoms. The van der Waals surface area contributed by atoms with Gasteiger partial charge in [0.05, 0.1) is 12.8 Å². The molecule has 1 aromatic carbocycles. The lowest BCUT2D eigenvalue weighted by molar-refractivity contribution is 0.415. The van der Waals surface area contributed by atoms with Gasteiger partial charge in [-0.3, -0.25) is 4.68 Å². The fraction of sp³-hybridized carbons (Fsp3) is 0.357. The van der Waals surface area contributed by atoms with E-state index in [2.05, 4.69) is 12.0 Å². The van der Waals surface area contributed by atoms with E-state index < -0.39 is 0 Å². The maximum atomic E-state index is 6.06. The molecule has 2 aromatic rings. The van der Waals surface area contributed by atoms with E-state index in [0.29, 0.717) is 0 Å². The molecule has 0 atom stereocenters. The molecule has 0 radical (unpaired) electrons. The lowest BCUT2D eigenvalue weighted by Gasteiger charge is -2.04. The molecule has 0 aliphatic heterocycles. The summed E-state index contributed by atoms with van der Waals surface area (Å²) in [7, 11) is 3.54. The molecule has 18 heavy (non-hydrogen) atoms. The molecule has 96 valence electrons. The Morgan fingerprint density at radius 3 is 2.50 bits per heavy atom. The zero-order chi connectivity index (χ0) is 13.1. The van der Waals surface area contributed by atoms with Crippen molar-refractivity contribution in [1.82, 2.24) is 9.78 Å². The van der Waals surface area contributed by atoms with Crippen LogP contribution in [0.15, 0.2) is 24.3 Å². The summed E-state index contributed by atoms with van der Waals surface area (Å²) in [6.07, 6.45) is 2.00. The van der Waals surface area contributed by atoms with Crippen molar-refractivity contribution in [1.29, 1.82) is 0 Å². The molecule has 2 N–H and O–H groups in total. The van der Waals surface area contributed by atoms with Crippen LogP contribution in [0.3, 0.4) is 0 Å². The highest BCUT2D eigenvalue weighted by Crippen LogP contribution is 2.29. The number of benzene rings is 1. The smallest absolute Gasteiger partial charge is 0.125 e. The molecule has 0 bridgehead atoms. The van der Waals surface area contributed by atoms with E-state index in [4.69, 9.17) is 10.5 Å². The monoisotopic (exact) mass is 245 g/mol. The number of nitrogen functional groups attached to an aromatic ring is 1. The van der Waals surface area contributed by atoms with Crippen LogP contribution in [0.25, 0.3) is 11.3 Å². The van der Waals surface area contributed by atoms with Gasteiger partial charge < -0.3 is 10.5 Å². The van der Waals surface area contributed by atoms with Gasteiger partial charge >= 0.3 is 0 Å². The minimum absolute atomic E-state index is 0.752. The Bertz CT molecular complexity index is 529. The minimum atomic E-state index is 0.752. The van der Waals surface area contributed by atoms with Gasteiger partial charge in [0.25, 0.3) is 0 Å². The van der Waals surface area contributed by atoms with Crippen molar-refractivity contribution in [3.05, 3.63) is 29.8 Å². The minimum Gasteiger partial charge on any atom is -0.497 e. The quantitative estimate of drug-likeness (QED) is 0.900. The predicted octanol–water partition coefficient (Wildman–Crippen LogP) is 2.63. The number of rotatable bonds is 4. The van der Waals surface area contributed by atoms with Gasteiger partial charge in [-0.15, -0.1) is 0 Å². The Morgan fingerprint density at radius 2 is 1.94 bits per heavy atom. The number of nitrogens with zero attached hydrogens (tertiary/aromatic N) is 2. The number of aromatic nitrogens is 2. The van der Waals surface area contributed by atoms with Crippen LogP contribution in [0.2, 0.25) is 0 Å². The first-order valence-electron chi connectivity index (χ1n) is 6.13. The predicted molar refractivity (Wildman–Crippen MR) is 73.6 cm³/mol. The van der Waals surface area contributed by atoms with Crippen molar-refractivity contribution in [3.8, 4) is 17.0 Å². The van der Waals surface area contributed by atoms with Gasteiger partial charge in [0.2, 0.25) is 0 Å². The highest BCUT2D eigenvalue weighted by atomic mass is 16.5. The number of hydrogen-bond donors (Lipinski definition) is 1. The van der Waals surface area contributed by atoms with Gasteiger partial charge in [-0.05, 0) is 30.7 Å². The molecule has 0 aliphatic carbocycles. The van der Waals surface area contributed by atoms with Gasteiger partial charge in [-0.2, -0.15) is 5.10 Å². The normalized spacial score (nSPS) is 10.6. The highest BCUT2D eigenvalue weighted by Gasteiger charge is 2.14. The van der Waals surface area contributed by atoms with E-state index in [0.717, 1.165) is 41.2 Å². The second-order valence-electron chi connectivity index (χ2n) is 4.31. The van der Waals surface area contributed by atoms with Crippen LogP contribution >= 0.6 is 0 Å². The number of methoxy groups -OCH3 is 1. The fourth-order valence-electron chi connectivity index (χ4n) is 2.06. The molecule has 0 fully saturated rings. The van der Waals surface area contributed by atoms with Crippen LogP contribution in [-0.2, 0) is 13.5 Å². The maximum absolute atomic E-state index is 6.06. The van der Waals surface area contributed by atoms with Crippen LogP contribution in [0.1, 0.15) is 18.9 Å². The van der Waals surface area contributed by atoms with Gasteiger partial charge in [0.1, 0.15) is 11.6 Å². The van der Waals surface area contributed by atoms with Crippen molar-refractivity contribution in [3.63, 3.8) is 0 Å². The standard InChI is InChI=1S/C14H19N3O/c1-4-5-12-13(16-17(2)14(12)15)10-6-8-11(18-3)9-7-10/h6-9H,4-5,15H2,1-3H3. The van der Waals surface area contributed by atoms with Crippen LogP contribution in [0.4, 0.5) is 5.82 Å². The van der Waals surface area contributed by atoms with Crippen molar-refractivity contribution >= 4 is 5.82 Å². The molecule has 0 saturated carbocycles. The molecule has 2 rings (SSSR count). The zero-order valence-corrected chi connectivity index (χ0v) is 11.1. The van der Waals surface area contributed by atoms with Gasteiger partial charge in [0, 0.05) is 18.2 Å². The molecular formula is C14H19N3O. The van der Waals surface area contributed by atoms with Crippen molar-refractivity contribution < 1.29 is 4.74 Å². The van der Waals surface area contributed by atoms with E-state index >= 15 is 0 Å². The third kappa shape index (κ3) is 2.18. The SMILES string of the molecule is CCCc1c(-c2ccc(OC)cc2)nn(C)c1N. The van der Waals surface area contributed by atoms with E-state index in [1.807, 2.05) is 31.3 Å². The van der Waals surface area contributed by atoms with Crippen LogP contribution in [0.5, 0.6) is 5.75 Å².